The Balaban J connectivity index is 1.23. The number of primary amides is 1. The van der Waals surface area contributed by atoms with E-state index in [0.29, 0.717) is 16.9 Å². The molecule has 0 aliphatic rings. The van der Waals surface area contributed by atoms with E-state index in [-0.39, 0.29) is 50.8 Å². The number of anilines is 5. The minimum absolute atomic E-state index is 0.0167. The van der Waals surface area contributed by atoms with Gasteiger partial charge in [0.1, 0.15) is 11.8 Å². The van der Waals surface area contributed by atoms with Crippen LogP contribution in [0.2, 0.25) is 0 Å². The highest BCUT2D eigenvalue weighted by atomic mass is 16.5. The van der Waals surface area contributed by atoms with Crippen LogP contribution < -0.4 is 47.5 Å². The molecule has 11 N–H and O–H groups in total. The van der Waals surface area contributed by atoms with Gasteiger partial charge in [-0.3, -0.25) is 28.8 Å². The molecule has 5 rings (SSSR count). The van der Waals surface area contributed by atoms with E-state index in [4.69, 9.17) is 25.7 Å². The number of nitrogens with one attached hydrogen (secondary N) is 5. The molecule has 63 heavy (non-hydrogen) atoms. The topological polar surface area (TPSA) is 300 Å². The van der Waals surface area contributed by atoms with Gasteiger partial charge >= 0.3 is 5.97 Å². The van der Waals surface area contributed by atoms with Gasteiger partial charge in [0.15, 0.2) is 17.6 Å². The van der Waals surface area contributed by atoms with E-state index in [9.17, 15) is 43.8 Å². The van der Waals surface area contributed by atoms with Gasteiger partial charge in [-0.15, -0.1) is 0 Å². The fourth-order valence-electron chi connectivity index (χ4n) is 5.90. The SMILES string of the molecule is COc1cc(C(=O)O)ccc1NC(=O)c1ccc(NC(=O)c2ccc(NC(=O)C(OC)C(NC(=O)c3ccc(NC(=O)c4ccc(N)cc4)cc3)C(N)=O)cc2)c(OC(C)C)c1O. The van der Waals surface area contributed by atoms with E-state index < -0.39 is 65.4 Å². The number of aromatic carboxylic acids is 1. The summed E-state index contributed by atoms with van der Waals surface area (Å²) in [6.07, 6.45) is -2.10. The Hall–Kier alpha value is -8.45. The highest BCUT2D eigenvalue weighted by Gasteiger charge is 2.34. The number of carboxylic acids is 1. The van der Waals surface area contributed by atoms with Crippen LogP contribution in [0, 0.1) is 0 Å². The Morgan fingerprint density at radius 2 is 1.13 bits per heavy atom. The fraction of sp³-hybridized carbons (Fsp3) is 0.159. The van der Waals surface area contributed by atoms with E-state index in [1.165, 1.54) is 86.0 Å². The number of ether oxygens (including phenoxy) is 3. The quantitative estimate of drug-likeness (QED) is 0.0584. The first kappa shape index (κ1) is 45.6. The average molecular weight is 862 g/mol. The highest BCUT2D eigenvalue weighted by molar-refractivity contribution is 6.10. The van der Waals surface area contributed by atoms with E-state index in [1.54, 1.807) is 38.1 Å². The minimum Gasteiger partial charge on any atom is -0.504 e. The molecule has 0 saturated heterocycles. The number of aromatic hydroxyl groups is 1. The molecule has 19 heteroatoms. The molecule has 0 aliphatic heterocycles. The van der Waals surface area contributed by atoms with Crippen molar-refractivity contribution in [2.75, 3.05) is 41.2 Å². The maximum absolute atomic E-state index is 13.4. The third kappa shape index (κ3) is 11.4. The molecule has 5 aromatic carbocycles. The van der Waals surface area contributed by atoms with Crippen LogP contribution in [0.1, 0.15) is 65.6 Å². The van der Waals surface area contributed by atoms with Crippen LogP contribution >= 0.6 is 0 Å². The number of benzene rings is 5. The maximum atomic E-state index is 13.4. The molecule has 19 nitrogen and oxygen atoms in total. The molecule has 6 amide bonds. The molecule has 0 saturated carbocycles. The second kappa shape index (κ2) is 20.2. The van der Waals surface area contributed by atoms with Crippen molar-refractivity contribution in [3.8, 4) is 17.2 Å². The lowest BCUT2D eigenvalue weighted by Gasteiger charge is -2.24. The Labute approximate surface area is 359 Å². The van der Waals surface area contributed by atoms with Crippen LogP contribution in [-0.2, 0) is 14.3 Å². The number of nitrogen functional groups attached to an aromatic ring is 1. The normalized spacial score (nSPS) is 11.6. The first-order valence-electron chi connectivity index (χ1n) is 18.9. The predicted octanol–water partition coefficient (Wildman–Crippen LogP) is 4.46. The monoisotopic (exact) mass is 861 g/mol. The van der Waals surface area contributed by atoms with Crippen molar-refractivity contribution in [3.05, 3.63) is 131 Å². The molecular formula is C44H43N7O12. The first-order valence-corrected chi connectivity index (χ1v) is 18.9. The van der Waals surface area contributed by atoms with Gasteiger partial charge in [-0.25, -0.2) is 4.79 Å². The average Bonchev–Trinajstić information content (AvgIpc) is 3.25. The minimum atomic E-state index is -1.62. The van der Waals surface area contributed by atoms with Crippen molar-refractivity contribution in [2.45, 2.75) is 32.1 Å². The lowest BCUT2D eigenvalue weighted by molar-refractivity contribution is -0.134. The van der Waals surface area contributed by atoms with Gasteiger partial charge in [0.05, 0.1) is 35.7 Å². The summed E-state index contributed by atoms with van der Waals surface area (Å²) < 4.78 is 16.3. The van der Waals surface area contributed by atoms with Crippen molar-refractivity contribution in [1.29, 1.82) is 0 Å². The van der Waals surface area contributed by atoms with E-state index in [0.717, 1.165) is 7.11 Å². The number of methoxy groups -OCH3 is 2. The van der Waals surface area contributed by atoms with Gasteiger partial charge in [0.25, 0.3) is 29.5 Å². The number of phenolic OH excluding ortho intramolecular Hbond substituents is 1. The summed E-state index contributed by atoms with van der Waals surface area (Å²) in [4.78, 5) is 89.5. The number of carboxylic acid groups (broad SMARTS) is 1. The fourth-order valence-corrected chi connectivity index (χ4v) is 5.90. The zero-order chi connectivity index (χ0) is 46.0. The van der Waals surface area contributed by atoms with E-state index >= 15 is 0 Å². The molecule has 0 bridgehead atoms. The number of carbonyl (C=O) groups is 7. The number of carbonyl (C=O) groups excluding carboxylic acids is 6. The van der Waals surface area contributed by atoms with Crippen LogP contribution in [0.25, 0.3) is 0 Å². The molecule has 2 atom stereocenters. The number of hydrogen-bond acceptors (Lipinski definition) is 12. The molecule has 2 unspecified atom stereocenters. The van der Waals surface area contributed by atoms with Crippen molar-refractivity contribution in [1.82, 2.24) is 5.32 Å². The third-order valence-corrected chi connectivity index (χ3v) is 9.08. The Kier molecular flexibility index (Phi) is 14.6. The third-order valence-electron chi connectivity index (χ3n) is 9.08. The zero-order valence-electron chi connectivity index (χ0n) is 34.2. The molecule has 0 radical (unpaired) electrons. The summed E-state index contributed by atoms with van der Waals surface area (Å²) in [7, 11) is 2.44. The summed E-state index contributed by atoms with van der Waals surface area (Å²) in [6, 6.07) is 22.3. The number of nitrogens with two attached hydrogens (primary N) is 2. The maximum Gasteiger partial charge on any atom is 0.335 e. The van der Waals surface area contributed by atoms with Gasteiger partial charge in [0, 0.05) is 40.9 Å². The lowest BCUT2D eigenvalue weighted by atomic mass is 10.1. The standard InChI is InChI=1S/C44H43N7O12/c1-22(2)63-36-32(20-18-30(35(36)52)42(57)49-31-19-11-26(44(59)60)21-33(31)61-3)50-40(55)24-7-16-29(17-8-24)48-43(58)37(62-4)34(38(46)53)51-41(56)25-9-14-28(15-10-25)47-39(54)23-5-12-27(45)13-6-23/h5-22,34,37,52H,45H2,1-4H3,(H2,46,53)(H,47,54)(H,48,58)(H,49,57)(H,50,55)(H,51,56)(H,59,60). The van der Waals surface area contributed by atoms with Crippen LogP contribution in [0.15, 0.2) is 103 Å². The van der Waals surface area contributed by atoms with Crippen LogP contribution in [0.4, 0.5) is 28.4 Å². The molecule has 0 spiro atoms. The second-order valence-electron chi connectivity index (χ2n) is 13.9. The van der Waals surface area contributed by atoms with Gasteiger partial charge in [-0.1, -0.05) is 0 Å². The first-order chi connectivity index (χ1) is 30.0. The smallest absolute Gasteiger partial charge is 0.335 e. The van der Waals surface area contributed by atoms with Gasteiger partial charge in [-0.05, 0) is 117 Å². The largest absolute Gasteiger partial charge is 0.504 e. The molecule has 0 aliphatic carbocycles. The van der Waals surface area contributed by atoms with E-state index in [2.05, 4.69) is 26.6 Å². The molecule has 0 fully saturated rings. The van der Waals surface area contributed by atoms with Gasteiger partial charge in [-0.2, -0.15) is 0 Å². The zero-order valence-corrected chi connectivity index (χ0v) is 34.2. The predicted molar refractivity (Wildman–Crippen MR) is 231 cm³/mol. The van der Waals surface area contributed by atoms with Crippen LogP contribution in [0.5, 0.6) is 17.2 Å². The number of rotatable bonds is 17. The van der Waals surface area contributed by atoms with E-state index in [1.807, 2.05) is 0 Å². The Bertz CT molecular complexity index is 2550. The Morgan fingerprint density at radius 1 is 0.619 bits per heavy atom. The van der Waals surface area contributed by atoms with Crippen molar-refractivity contribution in [2.24, 2.45) is 5.73 Å². The summed E-state index contributed by atoms with van der Waals surface area (Å²) in [5, 5.41) is 33.3. The van der Waals surface area contributed by atoms with Crippen molar-refractivity contribution < 1.29 is 58.0 Å². The van der Waals surface area contributed by atoms with Crippen molar-refractivity contribution in [3.63, 3.8) is 0 Å². The molecule has 5 aromatic rings. The molecule has 0 aromatic heterocycles. The molecule has 326 valence electrons. The summed E-state index contributed by atoms with van der Waals surface area (Å²) in [6.45, 7) is 3.33. The molecular weight excluding hydrogens is 819 g/mol. The molecule has 0 heterocycles. The highest BCUT2D eigenvalue weighted by Crippen LogP contribution is 2.39. The number of phenols is 1. The van der Waals surface area contributed by atoms with Crippen molar-refractivity contribution >= 4 is 69.8 Å². The Morgan fingerprint density at radius 3 is 1.67 bits per heavy atom. The number of hydrogen-bond donors (Lipinski definition) is 9. The summed E-state index contributed by atoms with van der Waals surface area (Å²) in [5.74, 6) is -6.48. The lowest BCUT2D eigenvalue weighted by Crippen LogP contribution is -2.56. The second-order valence-corrected chi connectivity index (χ2v) is 13.9. The summed E-state index contributed by atoms with van der Waals surface area (Å²) >= 11 is 0. The van der Waals surface area contributed by atoms with Crippen LogP contribution in [0.3, 0.4) is 0 Å². The van der Waals surface area contributed by atoms with Crippen LogP contribution in [-0.4, -0.2) is 84.1 Å². The van der Waals surface area contributed by atoms with Gasteiger partial charge < -0.3 is 62.5 Å². The van der Waals surface area contributed by atoms with Gasteiger partial charge in [0.2, 0.25) is 5.91 Å². The number of amides is 6. The summed E-state index contributed by atoms with van der Waals surface area (Å²) in [5.41, 5.74) is 12.7.